The third kappa shape index (κ3) is 3.59. The van der Waals surface area contributed by atoms with E-state index in [-0.39, 0.29) is 23.3 Å². The molecule has 0 fully saturated rings. The second-order valence-electron chi connectivity index (χ2n) is 3.93. The Morgan fingerprint density at radius 2 is 1.94 bits per heavy atom. The van der Waals surface area contributed by atoms with Gasteiger partial charge in [0.2, 0.25) is 0 Å². The molecule has 2 atom stereocenters. The van der Waals surface area contributed by atoms with Gasteiger partial charge < -0.3 is 10.8 Å². The van der Waals surface area contributed by atoms with E-state index in [1.165, 1.54) is 18.2 Å². The van der Waals surface area contributed by atoms with Crippen molar-refractivity contribution >= 4 is 24.0 Å². The predicted octanol–water partition coefficient (Wildman–Crippen LogP) is 2.92. The standard InChI is InChI=1S/C11H15ClFNO.ClH/c1-6(2)11(15)10(14)8-4-3-7(13)5-9(8)12;/h3-6,10-11,15H,14H2,1-2H3;1H/t10-,11+;/m1./s1. The summed E-state index contributed by atoms with van der Waals surface area (Å²) in [7, 11) is 0. The molecule has 0 aliphatic heterocycles. The average molecular weight is 268 g/mol. The number of benzene rings is 1. The largest absolute Gasteiger partial charge is 0.391 e. The molecule has 0 radical (unpaired) electrons. The van der Waals surface area contributed by atoms with E-state index < -0.39 is 18.0 Å². The van der Waals surface area contributed by atoms with Crippen LogP contribution in [0.15, 0.2) is 18.2 Å². The minimum absolute atomic E-state index is 0. The Hall–Kier alpha value is -0.350. The van der Waals surface area contributed by atoms with Crippen molar-refractivity contribution in [3.05, 3.63) is 34.6 Å². The summed E-state index contributed by atoms with van der Waals surface area (Å²) in [5.41, 5.74) is 6.40. The van der Waals surface area contributed by atoms with Crippen LogP contribution in [0.4, 0.5) is 4.39 Å². The Morgan fingerprint density at radius 1 is 1.38 bits per heavy atom. The maximum absolute atomic E-state index is 12.8. The molecule has 0 aliphatic rings. The number of halogens is 3. The van der Waals surface area contributed by atoms with Crippen LogP contribution in [0, 0.1) is 11.7 Å². The molecular formula is C11H16Cl2FNO. The molecule has 0 saturated heterocycles. The number of hydrogen-bond donors (Lipinski definition) is 2. The summed E-state index contributed by atoms with van der Waals surface area (Å²) in [6.45, 7) is 3.73. The first-order valence-corrected chi connectivity index (χ1v) is 5.20. The summed E-state index contributed by atoms with van der Waals surface area (Å²) in [5, 5.41) is 10.0. The summed E-state index contributed by atoms with van der Waals surface area (Å²) in [5.74, 6) is -0.379. The fourth-order valence-corrected chi connectivity index (χ4v) is 1.66. The number of aliphatic hydroxyl groups excluding tert-OH is 1. The zero-order valence-electron chi connectivity index (χ0n) is 9.15. The van der Waals surface area contributed by atoms with Crippen LogP contribution in [0.5, 0.6) is 0 Å². The Morgan fingerprint density at radius 3 is 2.38 bits per heavy atom. The van der Waals surface area contributed by atoms with Gasteiger partial charge in [0.25, 0.3) is 0 Å². The molecule has 0 heterocycles. The van der Waals surface area contributed by atoms with E-state index in [1.54, 1.807) is 0 Å². The molecular weight excluding hydrogens is 252 g/mol. The molecule has 0 bridgehead atoms. The van der Waals surface area contributed by atoms with E-state index in [0.717, 1.165) is 0 Å². The summed E-state index contributed by atoms with van der Waals surface area (Å²) in [4.78, 5) is 0. The van der Waals surface area contributed by atoms with Gasteiger partial charge >= 0.3 is 0 Å². The molecule has 1 aromatic rings. The lowest BCUT2D eigenvalue weighted by molar-refractivity contribution is 0.0979. The third-order valence-electron chi connectivity index (χ3n) is 2.37. The van der Waals surface area contributed by atoms with Gasteiger partial charge in [0.05, 0.1) is 12.1 Å². The predicted molar refractivity (Wildman–Crippen MR) is 66.4 cm³/mol. The second kappa shape index (κ2) is 6.40. The molecule has 0 spiro atoms. The van der Waals surface area contributed by atoms with E-state index in [9.17, 15) is 9.50 Å². The van der Waals surface area contributed by atoms with Gasteiger partial charge in [-0.1, -0.05) is 31.5 Å². The van der Waals surface area contributed by atoms with Crippen molar-refractivity contribution in [2.45, 2.75) is 26.0 Å². The molecule has 0 aliphatic carbocycles. The van der Waals surface area contributed by atoms with Crippen molar-refractivity contribution in [2.75, 3.05) is 0 Å². The van der Waals surface area contributed by atoms with E-state index >= 15 is 0 Å². The van der Waals surface area contributed by atoms with Crippen molar-refractivity contribution < 1.29 is 9.50 Å². The molecule has 2 nitrogen and oxygen atoms in total. The quantitative estimate of drug-likeness (QED) is 0.885. The van der Waals surface area contributed by atoms with Gasteiger partial charge in [0, 0.05) is 5.02 Å². The van der Waals surface area contributed by atoms with Crippen LogP contribution >= 0.6 is 24.0 Å². The molecule has 16 heavy (non-hydrogen) atoms. The average Bonchev–Trinajstić information content (AvgIpc) is 2.15. The lowest BCUT2D eigenvalue weighted by Crippen LogP contribution is -2.30. The molecule has 0 aromatic heterocycles. The minimum atomic E-state index is -0.687. The van der Waals surface area contributed by atoms with E-state index in [0.29, 0.717) is 5.56 Å². The van der Waals surface area contributed by atoms with Crippen LogP contribution in [0.2, 0.25) is 5.02 Å². The van der Waals surface area contributed by atoms with Crippen LogP contribution in [0.25, 0.3) is 0 Å². The number of nitrogens with two attached hydrogens (primary N) is 1. The van der Waals surface area contributed by atoms with Crippen molar-refractivity contribution in [3.63, 3.8) is 0 Å². The molecule has 5 heteroatoms. The monoisotopic (exact) mass is 267 g/mol. The molecule has 0 amide bonds. The van der Waals surface area contributed by atoms with Gasteiger partial charge in [-0.05, 0) is 23.6 Å². The molecule has 3 N–H and O–H groups in total. The van der Waals surface area contributed by atoms with Crippen molar-refractivity contribution in [1.82, 2.24) is 0 Å². The van der Waals surface area contributed by atoms with Gasteiger partial charge in [0.1, 0.15) is 5.82 Å². The topological polar surface area (TPSA) is 46.2 Å². The molecule has 1 aromatic carbocycles. The molecule has 92 valence electrons. The Bertz CT molecular complexity index is 347. The third-order valence-corrected chi connectivity index (χ3v) is 2.70. The highest BCUT2D eigenvalue weighted by molar-refractivity contribution is 6.31. The molecule has 0 unspecified atom stereocenters. The molecule has 0 saturated carbocycles. The zero-order valence-corrected chi connectivity index (χ0v) is 10.7. The SMILES string of the molecule is CC(C)[C@H](O)[C@H](N)c1ccc(F)cc1Cl.Cl. The van der Waals surface area contributed by atoms with Crippen LogP contribution in [-0.4, -0.2) is 11.2 Å². The fourth-order valence-electron chi connectivity index (χ4n) is 1.37. The molecule has 1 rings (SSSR count). The summed E-state index contributed by atoms with van der Waals surface area (Å²) >= 11 is 5.84. The van der Waals surface area contributed by atoms with Crippen molar-refractivity contribution in [3.8, 4) is 0 Å². The highest BCUT2D eigenvalue weighted by atomic mass is 35.5. The normalized spacial score (nSPS) is 14.4. The van der Waals surface area contributed by atoms with E-state index in [1.807, 2.05) is 13.8 Å². The van der Waals surface area contributed by atoms with Gasteiger partial charge in [-0.15, -0.1) is 12.4 Å². The minimum Gasteiger partial charge on any atom is -0.391 e. The zero-order chi connectivity index (χ0) is 11.6. The highest BCUT2D eigenvalue weighted by Gasteiger charge is 2.22. The number of hydrogen-bond acceptors (Lipinski definition) is 2. The maximum atomic E-state index is 12.8. The van der Waals surface area contributed by atoms with Gasteiger partial charge in [-0.2, -0.15) is 0 Å². The van der Waals surface area contributed by atoms with E-state index in [2.05, 4.69) is 0 Å². The number of rotatable bonds is 3. The highest BCUT2D eigenvalue weighted by Crippen LogP contribution is 2.26. The summed E-state index contributed by atoms with van der Waals surface area (Å²) in [6.07, 6.45) is -0.687. The Balaban J connectivity index is 0.00000225. The van der Waals surface area contributed by atoms with E-state index in [4.69, 9.17) is 17.3 Å². The van der Waals surface area contributed by atoms with Crippen LogP contribution in [-0.2, 0) is 0 Å². The Kier molecular flexibility index (Phi) is 6.26. The lowest BCUT2D eigenvalue weighted by atomic mass is 9.94. The maximum Gasteiger partial charge on any atom is 0.124 e. The number of aliphatic hydroxyl groups is 1. The lowest BCUT2D eigenvalue weighted by Gasteiger charge is -2.23. The van der Waals surface area contributed by atoms with Crippen LogP contribution in [0.3, 0.4) is 0 Å². The van der Waals surface area contributed by atoms with Gasteiger partial charge in [0.15, 0.2) is 0 Å². The first kappa shape index (κ1) is 15.7. The second-order valence-corrected chi connectivity index (χ2v) is 4.33. The van der Waals surface area contributed by atoms with Crippen molar-refractivity contribution in [1.29, 1.82) is 0 Å². The Labute approximate surface area is 106 Å². The van der Waals surface area contributed by atoms with Gasteiger partial charge in [-0.25, -0.2) is 4.39 Å². The first-order chi connectivity index (χ1) is 6.93. The van der Waals surface area contributed by atoms with Crippen LogP contribution < -0.4 is 5.73 Å². The van der Waals surface area contributed by atoms with Crippen molar-refractivity contribution in [2.24, 2.45) is 11.7 Å². The van der Waals surface area contributed by atoms with Gasteiger partial charge in [-0.3, -0.25) is 0 Å². The summed E-state index contributed by atoms with van der Waals surface area (Å²) < 4.78 is 12.8. The summed E-state index contributed by atoms with van der Waals surface area (Å²) in [6, 6.07) is 3.41. The van der Waals surface area contributed by atoms with Crippen LogP contribution in [0.1, 0.15) is 25.5 Å². The smallest absolute Gasteiger partial charge is 0.124 e. The first-order valence-electron chi connectivity index (χ1n) is 4.82. The fraction of sp³-hybridized carbons (Fsp3) is 0.455.